The minimum atomic E-state index is -0.0580. The number of nitrogens with zero attached hydrogens (tertiary/aromatic N) is 1. The van der Waals surface area contributed by atoms with Crippen LogP contribution in [0.5, 0.6) is 0 Å². The lowest BCUT2D eigenvalue weighted by Crippen LogP contribution is -2.14. The summed E-state index contributed by atoms with van der Waals surface area (Å²) in [5.74, 6) is 0. The van der Waals surface area contributed by atoms with Gasteiger partial charge >= 0.3 is 0 Å². The largest absolute Gasteiger partial charge is 0.308 e. The van der Waals surface area contributed by atoms with E-state index in [4.69, 9.17) is 0 Å². The molecule has 2 heterocycles. The van der Waals surface area contributed by atoms with E-state index in [9.17, 15) is 0 Å². The molecule has 0 spiro atoms. The topological polar surface area (TPSA) is 4.93 Å². The third-order valence-corrected chi connectivity index (χ3v) is 10.2. The highest BCUT2D eigenvalue weighted by Gasteiger charge is 2.37. The van der Waals surface area contributed by atoms with Gasteiger partial charge in [-0.3, -0.25) is 0 Å². The first-order valence-electron chi connectivity index (χ1n) is 13.6. The third kappa shape index (κ3) is 2.69. The Balaban J connectivity index is 1.45. The van der Waals surface area contributed by atoms with Crippen LogP contribution in [0.3, 0.4) is 0 Å². The summed E-state index contributed by atoms with van der Waals surface area (Å²) >= 11 is 1.90. The van der Waals surface area contributed by atoms with Crippen molar-refractivity contribution in [2.75, 3.05) is 0 Å². The van der Waals surface area contributed by atoms with Gasteiger partial charge in [-0.2, -0.15) is 0 Å². The Morgan fingerprint density at radius 2 is 1.31 bits per heavy atom. The molecule has 2 heteroatoms. The first-order valence-corrected chi connectivity index (χ1v) is 14.4. The molecule has 0 bridgehead atoms. The summed E-state index contributed by atoms with van der Waals surface area (Å²) in [7, 11) is 0. The summed E-state index contributed by atoms with van der Waals surface area (Å²) in [4.78, 5) is 0. The highest BCUT2D eigenvalue weighted by Crippen LogP contribution is 2.53. The number of thiophene rings is 1. The first kappa shape index (κ1) is 21.5. The van der Waals surface area contributed by atoms with Crippen molar-refractivity contribution in [3.8, 4) is 16.8 Å². The van der Waals surface area contributed by atoms with E-state index in [1.807, 2.05) is 11.3 Å². The lowest BCUT2D eigenvalue weighted by atomic mass is 9.81. The van der Waals surface area contributed by atoms with Gasteiger partial charge in [-0.05, 0) is 63.4 Å². The van der Waals surface area contributed by atoms with Gasteiger partial charge < -0.3 is 4.57 Å². The smallest absolute Gasteiger partial charge is 0.0640 e. The number of benzene rings is 6. The molecule has 0 saturated carbocycles. The SMILES string of the molecule is CC1(C)c2cc3c4ccccc4n(-c4cccc5c4sc4ccccc45)c3cc2-c2c1ccc1ccccc21. The molecule has 0 unspecified atom stereocenters. The number of aromatic nitrogens is 1. The zero-order chi connectivity index (χ0) is 25.9. The van der Waals surface area contributed by atoms with Crippen molar-refractivity contribution >= 4 is 64.1 Å². The Bertz CT molecular complexity index is 2310. The molecule has 39 heavy (non-hydrogen) atoms. The number of hydrogen-bond acceptors (Lipinski definition) is 1. The maximum atomic E-state index is 2.51. The molecule has 0 N–H and O–H groups in total. The molecular weight excluding hydrogens is 490 g/mol. The number of para-hydroxylation sites is 1. The van der Waals surface area contributed by atoms with Gasteiger partial charge in [0.05, 0.1) is 21.4 Å². The highest BCUT2D eigenvalue weighted by atomic mass is 32.1. The fourth-order valence-corrected chi connectivity index (χ4v) is 8.34. The van der Waals surface area contributed by atoms with Gasteiger partial charge in [0.2, 0.25) is 0 Å². The molecule has 0 fully saturated rings. The van der Waals surface area contributed by atoms with E-state index in [0.717, 1.165) is 0 Å². The number of fused-ring (bicyclic) bond motifs is 11. The Hall–Kier alpha value is -4.40. The van der Waals surface area contributed by atoms with E-state index < -0.39 is 0 Å². The van der Waals surface area contributed by atoms with Gasteiger partial charge in [0.15, 0.2) is 0 Å². The fraction of sp³-hybridized carbons (Fsp3) is 0.0811. The summed E-state index contributed by atoms with van der Waals surface area (Å²) in [6.45, 7) is 4.77. The second-order valence-corrected chi connectivity index (χ2v) is 12.4. The summed E-state index contributed by atoms with van der Waals surface area (Å²) in [5.41, 5.74) is 9.34. The van der Waals surface area contributed by atoms with Gasteiger partial charge in [-0.25, -0.2) is 0 Å². The minimum absolute atomic E-state index is 0.0580. The maximum Gasteiger partial charge on any atom is 0.0640 e. The van der Waals surface area contributed by atoms with Crippen LogP contribution in [0.25, 0.3) is 69.6 Å². The standard InChI is InChI=1S/C37H25NS/c1-37(2)29-19-18-22-10-3-4-11-23(22)35(29)28-21-33-27(20-30(28)37)24-12-5-7-15-31(24)38(33)32-16-9-14-26-25-13-6-8-17-34(25)39-36(26)32/h3-21H,1-2H3. The van der Waals surface area contributed by atoms with E-state index >= 15 is 0 Å². The number of hydrogen-bond donors (Lipinski definition) is 0. The van der Waals surface area contributed by atoms with Gasteiger partial charge in [-0.1, -0.05) is 98.8 Å². The van der Waals surface area contributed by atoms with Crippen molar-refractivity contribution in [1.82, 2.24) is 4.57 Å². The van der Waals surface area contributed by atoms with E-state index in [0.29, 0.717) is 0 Å². The molecule has 6 aromatic carbocycles. The van der Waals surface area contributed by atoms with E-state index in [1.54, 1.807) is 0 Å². The lowest BCUT2D eigenvalue weighted by molar-refractivity contribution is 0.661. The summed E-state index contributed by atoms with van der Waals surface area (Å²) < 4.78 is 5.19. The Morgan fingerprint density at radius 3 is 2.21 bits per heavy atom. The molecule has 0 amide bonds. The van der Waals surface area contributed by atoms with E-state index in [-0.39, 0.29) is 5.41 Å². The van der Waals surface area contributed by atoms with E-state index in [1.165, 1.54) is 80.7 Å². The van der Waals surface area contributed by atoms with Crippen LogP contribution in [0.15, 0.2) is 115 Å². The van der Waals surface area contributed by atoms with Crippen LogP contribution in [0, 0.1) is 0 Å². The van der Waals surface area contributed by atoms with Crippen molar-refractivity contribution < 1.29 is 0 Å². The van der Waals surface area contributed by atoms with E-state index in [2.05, 4.69) is 134 Å². The quantitative estimate of drug-likeness (QED) is 0.205. The van der Waals surface area contributed by atoms with Crippen molar-refractivity contribution in [3.63, 3.8) is 0 Å². The predicted octanol–water partition coefficient (Wildman–Crippen LogP) is 10.6. The molecule has 1 aliphatic rings. The highest BCUT2D eigenvalue weighted by molar-refractivity contribution is 7.26. The predicted molar refractivity (Wildman–Crippen MR) is 169 cm³/mol. The Morgan fingerprint density at radius 1 is 0.564 bits per heavy atom. The van der Waals surface area contributed by atoms with Crippen LogP contribution < -0.4 is 0 Å². The van der Waals surface area contributed by atoms with Crippen LogP contribution in [0.4, 0.5) is 0 Å². The molecule has 1 nitrogen and oxygen atoms in total. The van der Waals surface area contributed by atoms with Crippen molar-refractivity contribution in [1.29, 1.82) is 0 Å². The summed E-state index contributed by atoms with van der Waals surface area (Å²) in [6.07, 6.45) is 0. The molecule has 0 aliphatic heterocycles. The first-order chi connectivity index (χ1) is 19.1. The normalized spacial score (nSPS) is 14.1. The zero-order valence-electron chi connectivity index (χ0n) is 21.8. The number of rotatable bonds is 1. The molecule has 0 radical (unpaired) electrons. The molecule has 8 aromatic rings. The monoisotopic (exact) mass is 515 g/mol. The average molecular weight is 516 g/mol. The Labute approximate surface area is 230 Å². The molecule has 184 valence electrons. The summed E-state index contributed by atoms with van der Waals surface area (Å²) in [6, 6.07) is 42.9. The van der Waals surface area contributed by atoms with Gasteiger partial charge in [0.25, 0.3) is 0 Å². The van der Waals surface area contributed by atoms with Crippen LogP contribution in [0.1, 0.15) is 25.0 Å². The van der Waals surface area contributed by atoms with Crippen LogP contribution in [0.2, 0.25) is 0 Å². The minimum Gasteiger partial charge on any atom is -0.308 e. The van der Waals surface area contributed by atoms with Gasteiger partial charge in [0.1, 0.15) is 0 Å². The van der Waals surface area contributed by atoms with Crippen LogP contribution in [-0.4, -0.2) is 4.57 Å². The molecule has 0 atom stereocenters. The molecule has 0 saturated heterocycles. The maximum absolute atomic E-state index is 2.51. The summed E-state index contributed by atoms with van der Waals surface area (Å²) in [5, 5.41) is 7.95. The third-order valence-electron chi connectivity index (χ3n) is 8.98. The Kier molecular flexibility index (Phi) is 4.07. The second kappa shape index (κ2) is 7.37. The van der Waals surface area contributed by atoms with Gasteiger partial charge in [-0.15, -0.1) is 11.3 Å². The fourth-order valence-electron chi connectivity index (χ4n) is 7.13. The molecule has 2 aromatic heterocycles. The van der Waals surface area contributed by atoms with Gasteiger partial charge in [0, 0.05) is 31.7 Å². The zero-order valence-corrected chi connectivity index (χ0v) is 22.6. The van der Waals surface area contributed by atoms with Crippen LogP contribution in [-0.2, 0) is 5.41 Å². The average Bonchev–Trinajstić information content (AvgIpc) is 3.58. The van der Waals surface area contributed by atoms with Crippen molar-refractivity contribution in [3.05, 3.63) is 126 Å². The molecular formula is C37H25NS. The second-order valence-electron chi connectivity index (χ2n) is 11.4. The van der Waals surface area contributed by atoms with Crippen molar-refractivity contribution in [2.24, 2.45) is 0 Å². The molecule has 9 rings (SSSR count). The van der Waals surface area contributed by atoms with Crippen molar-refractivity contribution in [2.45, 2.75) is 19.3 Å². The lowest BCUT2D eigenvalue weighted by Gasteiger charge is -2.21. The van der Waals surface area contributed by atoms with Crippen LogP contribution >= 0.6 is 11.3 Å². The molecule has 1 aliphatic carbocycles.